The molecule has 0 spiro atoms. The molecule has 0 aliphatic heterocycles. The van der Waals surface area contributed by atoms with Crippen molar-refractivity contribution in [3.05, 3.63) is 0 Å². The van der Waals surface area contributed by atoms with Crippen LogP contribution in [0.25, 0.3) is 0 Å². The van der Waals surface area contributed by atoms with E-state index in [9.17, 15) is 13.6 Å². The molecule has 100 valence electrons. The molecule has 0 unspecified atom stereocenters. The third-order valence-corrected chi connectivity index (χ3v) is 2.51. The highest BCUT2D eigenvalue weighted by Gasteiger charge is 2.24. The maximum Gasteiger partial charge on any atom is 0.737 e. The zero-order valence-electron chi connectivity index (χ0n) is 9.88. The highest BCUT2D eigenvalue weighted by Crippen LogP contribution is 1.97. The fourth-order valence-corrected chi connectivity index (χ4v) is 0.712. The van der Waals surface area contributed by atoms with Crippen molar-refractivity contribution in [3.63, 3.8) is 0 Å². The van der Waals surface area contributed by atoms with E-state index in [1.807, 2.05) is 0 Å². The lowest BCUT2D eigenvalue weighted by Crippen LogP contribution is -3.00. The zero-order valence-corrected chi connectivity index (χ0v) is 12.0. The van der Waals surface area contributed by atoms with Gasteiger partial charge in [0.05, 0.1) is 26.7 Å². The summed E-state index contributed by atoms with van der Waals surface area (Å²) >= 11 is 0. The Morgan fingerprint density at radius 2 is 1.12 bits per heavy atom. The van der Waals surface area contributed by atoms with E-state index in [2.05, 4.69) is 42.4 Å². The lowest BCUT2D eigenvalue weighted by Gasteiger charge is -2.30. The molecule has 0 aromatic heterocycles. The van der Waals surface area contributed by atoms with E-state index in [-0.39, 0.29) is 24.0 Å². The van der Waals surface area contributed by atoms with Crippen molar-refractivity contribution in [3.8, 4) is 0 Å². The summed E-state index contributed by atoms with van der Waals surface area (Å²) in [5.74, 6) is 0. The number of hydrogen-bond donors (Lipinski definition) is 0. The molecule has 0 saturated carbocycles. The van der Waals surface area contributed by atoms with E-state index in [1.54, 1.807) is 0 Å². The van der Waals surface area contributed by atoms with E-state index < -0.39 is 7.32 Å². The molecule has 0 fully saturated rings. The van der Waals surface area contributed by atoms with Gasteiger partial charge in [-0.25, -0.2) is 0 Å². The van der Waals surface area contributed by atoms with Crippen LogP contribution in [0.1, 0.15) is 20.8 Å². The van der Waals surface area contributed by atoms with Crippen LogP contribution in [0.5, 0.6) is 0 Å². The van der Waals surface area contributed by atoms with E-state index in [1.165, 1.54) is 24.1 Å². The van der Waals surface area contributed by atoms with Crippen LogP contribution in [0.15, 0.2) is 0 Å². The van der Waals surface area contributed by atoms with E-state index >= 15 is 0 Å². The molecule has 0 amide bonds. The van der Waals surface area contributed by atoms with Crippen LogP contribution >= 0.6 is 0 Å². The van der Waals surface area contributed by atoms with E-state index in [0.717, 1.165) is 0 Å². The molecule has 0 aromatic carbocycles. The van der Waals surface area contributed by atoms with Crippen LogP contribution in [0.4, 0.5) is 13.6 Å². The molecule has 0 saturated heterocycles. The number of halogens is 4. The van der Waals surface area contributed by atoms with Gasteiger partial charge in [-0.3, -0.25) is 0 Å². The van der Waals surface area contributed by atoms with Crippen LogP contribution in [0.2, 0.25) is 0 Å². The lowest BCUT2D eigenvalue weighted by molar-refractivity contribution is -0.904. The van der Waals surface area contributed by atoms with Gasteiger partial charge in [0.1, 0.15) is 0 Å². The summed E-state index contributed by atoms with van der Waals surface area (Å²) in [6, 6.07) is 0. The topological polar surface area (TPSA) is 27.7 Å². The molecule has 4 nitrogen and oxygen atoms in total. The molecule has 0 bridgehead atoms. The Morgan fingerprint density at radius 1 is 0.875 bits per heavy atom. The summed E-state index contributed by atoms with van der Waals surface area (Å²) in [6.45, 7) is 10.5. The fraction of sp³-hybridized carbons (Fsp3) is 1.00. The van der Waals surface area contributed by atoms with Crippen LogP contribution < -0.4 is 24.0 Å². The second-order valence-electron chi connectivity index (χ2n) is 3.12. The molecular weight excluding hydrogens is 341 g/mol. The van der Waals surface area contributed by atoms with Crippen molar-refractivity contribution in [2.45, 2.75) is 20.8 Å². The molecule has 0 atom stereocenters. The molecular formula is C7H18BF3INO3. The smallest absolute Gasteiger partial charge is 0.737 e. The first-order valence-electron chi connectivity index (χ1n) is 4.69. The maximum absolute atomic E-state index is 10.4. The van der Waals surface area contributed by atoms with Crippen molar-refractivity contribution < 1.29 is 56.6 Å². The van der Waals surface area contributed by atoms with Crippen LogP contribution in [0.3, 0.4) is 0 Å². The molecule has 0 aliphatic rings. The second-order valence-corrected chi connectivity index (χ2v) is 3.12. The average molecular weight is 359 g/mol. The van der Waals surface area contributed by atoms with E-state index in [4.69, 9.17) is 0 Å². The predicted octanol–water partition coefficient (Wildman–Crippen LogP) is -0.829. The molecule has 0 N–H and O–H groups in total. The summed E-state index contributed by atoms with van der Waals surface area (Å²) in [7, 11) is -0.222. The molecule has 0 rings (SSSR count). The van der Waals surface area contributed by atoms with Crippen molar-refractivity contribution >= 4 is 7.32 Å². The summed E-state index contributed by atoms with van der Waals surface area (Å²) < 4.78 is 32.5. The summed E-state index contributed by atoms with van der Waals surface area (Å²) in [5.41, 5.74) is 0. The largest absolute Gasteiger partial charge is 1.00 e. The van der Waals surface area contributed by atoms with Gasteiger partial charge >= 0.3 is 7.32 Å². The van der Waals surface area contributed by atoms with Gasteiger partial charge in [0.25, 0.3) is 0 Å². The minimum Gasteiger partial charge on any atom is -1.00 e. The second kappa shape index (κ2) is 13.5. The summed E-state index contributed by atoms with van der Waals surface area (Å²) in [6.07, 6.45) is 0. The fourth-order valence-electron chi connectivity index (χ4n) is 0.712. The van der Waals surface area contributed by atoms with Gasteiger partial charge in [-0.05, 0) is 20.8 Å². The first-order chi connectivity index (χ1) is 7.03. The van der Waals surface area contributed by atoms with E-state index in [0.29, 0.717) is 0 Å². The van der Waals surface area contributed by atoms with Gasteiger partial charge < -0.3 is 28.5 Å². The molecule has 9 heteroatoms. The standard InChI is InChI=1S/C7H18N.BF3O3.HI/c1-5-8(4,6-2)7-3;2-5-1(6-3)7-4;/h5-7H2,1-4H3;;1H/q+1;;/p-1. The van der Waals surface area contributed by atoms with Crippen LogP contribution in [0, 0.1) is 0 Å². The Bertz CT molecular complexity index is 128. The first-order valence-corrected chi connectivity index (χ1v) is 4.69. The highest BCUT2D eigenvalue weighted by atomic mass is 127. The SMILES string of the molecule is CC[N+](C)(CC)CC.FOB(OF)OF.[I-]. The van der Waals surface area contributed by atoms with Gasteiger partial charge in [0.15, 0.2) is 0 Å². The Morgan fingerprint density at radius 3 is 1.12 bits per heavy atom. The minimum absolute atomic E-state index is 0. The van der Waals surface area contributed by atoms with Gasteiger partial charge in [0.2, 0.25) is 0 Å². The average Bonchev–Trinajstić information content (AvgIpc) is 2.31. The van der Waals surface area contributed by atoms with Gasteiger partial charge in [-0.1, -0.05) is 13.6 Å². The Labute approximate surface area is 112 Å². The lowest BCUT2D eigenvalue weighted by atomic mass is 10.3. The third-order valence-electron chi connectivity index (χ3n) is 2.51. The number of hydrogen-bond acceptors (Lipinski definition) is 3. The zero-order chi connectivity index (χ0) is 12.3. The molecule has 0 radical (unpaired) electrons. The first kappa shape index (κ1) is 21.7. The van der Waals surface area contributed by atoms with Crippen LogP contribution in [-0.4, -0.2) is 38.5 Å². The molecule has 0 aromatic rings. The van der Waals surface area contributed by atoms with Gasteiger partial charge in [-0.15, -0.1) is 0 Å². The maximum atomic E-state index is 10.4. The molecule has 0 heterocycles. The van der Waals surface area contributed by atoms with Crippen molar-refractivity contribution in [1.29, 1.82) is 0 Å². The van der Waals surface area contributed by atoms with Gasteiger partial charge in [-0.2, -0.15) is 14.6 Å². The number of quaternary nitrogens is 1. The number of nitrogens with zero attached hydrogens (tertiary/aromatic N) is 1. The molecule has 16 heavy (non-hydrogen) atoms. The quantitative estimate of drug-likeness (QED) is 0.352. The monoisotopic (exact) mass is 359 g/mol. The summed E-state index contributed by atoms with van der Waals surface area (Å²) in [4.78, 5) is 7.06. The Balaban J connectivity index is -0.000000200. The minimum atomic E-state index is -2.51. The van der Waals surface area contributed by atoms with Crippen molar-refractivity contribution in [2.24, 2.45) is 0 Å². The highest BCUT2D eigenvalue weighted by molar-refractivity contribution is 6.35. The normalized spacial score (nSPS) is 9.94. The number of rotatable bonds is 6. The summed E-state index contributed by atoms with van der Waals surface area (Å²) in [5, 5.41) is 0. The molecule has 0 aliphatic carbocycles. The van der Waals surface area contributed by atoms with Gasteiger partial charge in [0, 0.05) is 0 Å². The van der Waals surface area contributed by atoms with Crippen molar-refractivity contribution in [1.82, 2.24) is 0 Å². The predicted molar refractivity (Wildman–Crippen MR) is 50.1 cm³/mol. The van der Waals surface area contributed by atoms with Crippen molar-refractivity contribution in [2.75, 3.05) is 26.7 Å². The Kier molecular flexibility index (Phi) is 18.3. The third kappa shape index (κ3) is 10.9. The Hall–Kier alpha value is 0.425. The van der Waals surface area contributed by atoms with Crippen LogP contribution in [-0.2, 0) is 14.6 Å².